The molecule has 20 heavy (non-hydrogen) atoms. The molecule has 0 aliphatic heterocycles. The second-order valence-corrected chi connectivity index (χ2v) is 5.12. The highest BCUT2D eigenvalue weighted by atomic mass is 32.1. The maximum absolute atomic E-state index is 11.7. The Morgan fingerprint density at radius 1 is 1.15 bits per heavy atom. The molecule has 0 radical (unpaired) electrons. The van der Waals surface area contributed by atoms with Crippen LogP contribution >= 0.6 is 11.3 Å². The van der Waals surface area contributed by atoms with Crippen LogP contribution in [-0.2, 0) is 11.3 Å². The summed E-state index contributed by atoms with van der Waals surface area (Å²) in [5.41, 5.74) is 0.534. The van der Waals surface area contributed by atoms with Gasteiger partial charge in [-0.1, -0.05) is 36.4 Å². The topological polar surface area (TPSA) is 78.4 Å². The number of benzene rings is 1. The summed E-state index contributed by atoms with van der Waals surface area (Å²) in [6.45, 7) is 0.380. The van der Waals surface area contributed by atoms with Gasteiger partial charge in [-0.05, 0) is 17.0 Å². The summed E-state index contributed by atoms with van der Waals surface area (Å²) in [5.74, 6) is -1.09. The number of amides is 2. The van der Waals surface area contributed by atoms with Gasteiger partial charge >= 0.3 is 12.0 Å². The van der Waals surface area contributed by atoms with E-state index in [0.717, 1.165) is 4.88 Å². The molecule has 2 aromatic rings. The van der Waals surface area contributed by atoms with Crippen LogP contribution in [0.1, 0.15) is 16.5 Å². The lowest BCUT2D eigenvalue weighted by molar-refractivity contribution is -0.139. The van der Waals surface area contributed by atoms with Crippen LogP contribution in [0, 0.1) is 0 Å². The monoisotopic (exact) mass is 290 g/mol. The molecule has 0 unspecified atom stereocenters. The van der Waals surface area contributed by atoms with Gasteiger partial charge in [-0.3, -0.25) is 0 Å². The molecule has 1 aromatic heterocycles. The van der Waals surface area contributed by atoms with Crippen LogP contribution in [0.2, 0.25) is 0 Å². The van der Waals surface area contributed by atoms with Crippen molar-refractivity contribution in [2.24, 2.45) is 0 Å². The van der Waals surface area contributed by atoms with Gasteiger partial charge < -0.3 is 15.7 Å². The molecule has 2 rings (SSSR count). The second-order valence-electron chi connectivity index (χ2n) is 4.09. The van der Waals surface area contributed by atoms with Crippen LogP contribution < -0.4 is 10.6 Å². The van der Waals surface area contributed by atoms with Crippen LogP contribution in [-0.4, -0.2) is 17.1 Å². The van der Waals surface area contributed by atoms with Gasteiger partial charge in [0.15, 0.2) is 6.04 Å². The van der Waals surface area contributed by atoms with Gasteiger partial charge in [0.25, 0.3) is 0 Å². The summed E-state index contributed by atoms with van der Waals surface area (Å²) in [4.78, 5) is 24.0. The lowest BCUT2D eigenvalue weighted by Crippen LogP contribution is -2.40. The Bertz CT molecular complexity index is 569. The summed E-state index contributed by atoms with van der Waals surface area (Å²) in [6.07, 6.45) is 0. The lowest BCUT2D eigenvalue weighted by Gasteiger charge is -2.15. The van der Waals surface area contributed by atoms with E-state index in [4.69, 9.17) is 0 Å². The van der Waals surface area contributed by atoms with Crippen molar-refractivity contribution in [2.45, 2.75) is 12.6 Å². The molecule has 2 amide bonds. The quantitative estimate of drug-likeness (QED) is 0.791. The van der Waals surface area contributed by atoms with Crippen molar-refractivity contribution in [1.29, 1.82) is 0 Å². The van der Waals surface area contributed by atoms with Crippen LogP contribution in [0.15, 0.2) is 47.8 Å². The van der Waals surface area contributed by atoms with Crippen molar-refractivity contribution in [3.8, 4) is 0 Å². The molecular weight excluding hydrogens is 276 g/mol. The Labute approximate surface area is 120 Å². The molecule has 5 nitrogen and oxygen atoms in total. The maximum atomic E-state index is 11.7. The molecular formula is C14H14N2O3S. The first kappa shape index (κ1) is 14.1. The fourth-order valence-corrected chi connectivity index (χ4v) is 2.34. The average Bonchev–Trinajstić information content (AvgIpc) is 2.96. The molecule has 0 fully saturated rings. The number of carbonyl (C=O) groups excluding carboxylic acids is 1. The summed E-state index contributed by atoms with van der Waals surface area (Å²) in [6, 6.07) is 10.8. The molecule has 0 saturated carbocycles. The Balaban J connectivity index is 1.95. The van der Waals surface area contributed by atoms with Crippen molar-refractivity contribution in [3.05, 3.63) is 58.3 Å². The number of carboxylic acid groups (broad SMARTS) is 1. The Morgan fingerprint density at radius 3 is 2.50 bits per heavy atom. The number of carboxylic acids is 1. The van der Waals surface area contributed by atoms with Crippen molar-refractivity contribution < 1.29 is 14.7 Å². The first-order valence-electron chi connectivity index (χ1n) is 6.01. The molecule has 3 N–H and O–H groups in total. The van der Waals surface area contributed by atoms with Gasteiger partial charge in [0.1, 0.15) is 0 Å². The largest absolute Gasteiger partial charge is 0.479 e. The third-order valence-corrected chi connectivity index (χ3v) is 3.53. The van der Waals surface area contributed by atoms with E-state index in [2.05, 4.69) is 10.6 Å². The number of hydrogen-bond acceptors (Lipinski definition) is 3. The normalized spacial score (nSPS) is 11.6. The number of rotatable bonds is 5. The first-order valence-corrected chi connectivity index (χ1v) is 6.89. The molecule has 0 aliphatic carbocycles. The number of urea groups is 1. The van der Waals surface area contributed by atoms with Crippen LogP contribution in [0.5, 0.6) is 0 Å². The van der Waals surface area contributed by atoms with E-state index in [1.165, 1.54) is 11.3 Å². The minimum atomic E-state index is -1.09. The lowest BCUT2D eigenvalue weighted by atomic mass is 10.1. The molecule has 1 heterocycles. The van der Waals surface area contributed by atoms with Gasteiger partial charge in [0, 0.05) is 4.88 Å². The Kier molecular flexibility index (Phi) is 4.73. The van der Waals surface area contributed by atoms with Crippen LogP contribution in [0.25, 0.3) is 0 Å². The molecule has 1 atom stereocenters. The van der Waals surface area contributed by atoms with E-state index < -0.39 is 18.0 Å². The van der Waals surface area contributed by atoms with E-state index in [-0.39, 0.29) is 0 Å². The number of aliphatic carboxylic acids is 1. The zero-order valence-corrected chi connectivity index (χ0v) is 11.4. The van der Waals surface area contributed by atoms with Crippen molar-refractivity contribution >= 4 is 23.3 Å². The van der Waals surface area contributed by atoms with E-state index in [1.807, 2.05) is 17.5 Å². The van der Waals surface area contributed by atoms with Gasteiger partial charge in [-0.2, -0.15) is 0 Å². The van der Waals surface area contributed by atoms with Gasteiger partial charge in [0.2, 0.25) is 0 Å². The van der Waals surface area contributed by atoms with Crippen LogP contribution in [0.3, 0.4) is 0 Å². The average molecular weight is 290 g/mol. The highest BCUT2D eigenvalue weighted by Gasteiger charge is 2.21. The molecule has 0 aliphatic rings. The number of carbonyl (C=O) groups is 2. The fraction of sp³-hybridized carbons (Fsp3) is 0.143. The predicted molar refractivity (Wildman–Crippen MR) is 76.5 cm³/mol. The maximum Gasteiger partial charge on any atom is 0.330 e. The van der Waals surface area contributed by atoms with Crippen molar-refractivity contribution in [2.75, 3.05) is 0 Å². The van der Waals surface area contributed by atoms with Crippen molar-refractivity contribution in [1.82, 2.24) is 10.6 Å². The molecule has 1 aromatic carbocycles. The zero-order chi connectivity index (χ0) is 14.4. The molecule has 0 bridgehead atoms. The van der Waals surface area contributed by atoms with Gasteiger partial charge in [0.05, 0.1) is 6.54 Å². The third kappa shape index (κ3) is 3.83. The van der Waals surface area contributed by atoms with Gasteiger partial charge in [-0.25, -0.2) is 9.59 Å². The highest BCUT2D eigenvalue weighted by Crippen LogP contribution is 2.12. The summed E-state index contributed by atoms with van der Waals surface area (Å²) < 4.78 is 0. The Morgan fingerprint density at radius 2 is 1.90 bits per heavy atom. The number of nitrogens with one attached hydrogen (secondary N) is 2. The van der Waals surface area contributed by atoms with Crippen molar-refractivity contribution in [3.63, 3.8) is 0 Å². The second kappa shape index (κ2) is 6.72. The number of hydrogen-bond donors (Lipinski definition) is 3. The highest BCUT2D eigenvalue weighted by molar-refractivity contribution is 7.09. The molecule has 6 heteroatoms. The minimum Gasteiger partial charge on any atom is -0.479 e. The molecule has 0 saturated heterocycles. The van der Waals surface area contributed by atoms with Crippen LogP contribution in [0.4, 0.5) is 4.79 Å². The van der Waals surface area contributed by atoms with Gasteiger partial charge in [-0.15, -0.1) is 11.3 Å². The van der Waals surface area contributed by atoms with E-state index in [1.54, 1.807) is 30.3 Å². The van der Waals surface area contributed by atoms with E-state index in [0.29, 0.717) is 12.1 Å². The zero-order valence-electron chi connectivity index (χ0n) is 10.6. The number of thiophene rings is 1. The van der Waals surface area contributed by atoms with E-state index >= 15 is 0 Å². The SMILES string of the molecule is O=C(NCc1cccs1)N[C@@H](C(=O)O)c1ccccc1. The standard InChI is InChI=1S/C14H14N2O3S/c17-13(18)12(10-5-2-1-3-6-10)16-14(19)15-9-11-7-4-8-20-11/h1-8,12H,9H2,(H,17,18)(H2,15,16,19)/t12-/m1/s1. The Hall–Kier alpha value is -2.34. The smallest absolute Gasteiger partial charge is 0.330 e. The summed E-state index contributed by atoms with van der Waals surface area (Å²) in [7, 11) is 0. The first-order chi connectivity index (χ1) is 9.66. The molecule has 104 valence electrons. The third-order valence-electron chi connectivity index (χ3n) is 2.66. The summed E-state index contributed by atoms with van der Waals surface area (Å²) >= 11 is 1.53. The minimum absolute atomic E-state index is 0.380. The fourth-order valence-electron chi connectivity index (χ4n) is 1.70. The van der Waals surface area contributed by atoms with E-state index in [9.17, 15) is 14.7 Å². The summed E-state index contributed by atoms with van der Waals surface area (Å²) in [5, 5.41) is 16.2. The predicted octanol–water partition coefficient (Wildman–Crippen LogP) is 2.37. The molecule has 0 spiro atoms.